The van der Waals surface area contributed by atoms with Crippen molar-refractivity contribution in [3.63, 3.8) is 0 Å². The number of hydrogen-bond acceptors (Lipinski definition) is 3. The van der Waals surface area contributed by atoms with Gasteiger partial charge in [-0.25, -0.2) is 0 Å². The highest BCUT2D eigenvalue weighted by atomic mass is 16.2. The van der Waals surface area contributed by atoms with Crippen LogP contribution in [0.15, 0.2) is 0 Å². The number of imide groups is 1. The van der Waals surface area contributed by atoms with Gasteiger partial charge in [0.25, 0.3) is 0 Å². The molecule has 0 aromatic carbocycles. The molecule has 5 nitrogen and oxygen atoms in total. The number of carbonyl (C=O) groups excluding carboxylic acids is 3. The van der Waals surface area contributed by atoms with Gasteiger partial charge in [0.05, 0.1) is 5.92 Å². The zero-order chi connectivity index (χ0) is 16.2. The first-order chi connectivity index (χ1) is 11.1. The zero-order valence-electron chi connectivity index (χ0n) is 13.9. The molecule has 1 heterocycles. The largest absolute Gasteiger partial charge is 0.353 e. The van der Waals surface area contributed by atoms with E-state index in [-0.39, 0.29) is 42.6 Å². The Morgan fingerprint density at radius 1 is 0.957 bits per heavy atom. The molecule has 0 spiro atoms. The summed E-state index contributed by atoms with van der Waals surface area (Å²) >= 11 is 0. The molecule has 23 heavy (non-hydrogen) atoms. The highest BCUT2D eigenvalue weighted by Crippen LogP contribution is 2.31. The van der Waals surface area contributed by atoms with Crippen LogP contribution in [-0.2, 0) is 14.4 Å². The molecule has 3 rings (SSSR count). The Morgan fingerprint density at radius 2 is 1.57 bits per heavy atom. The van der Waals surface area contributed by atoms with Crippen molar-refractivity contribution in [3.8, 4) is 0 Å². The summed E-state index contributed by atoms with van der Waals surface area (Å²) in [6, 6.07) is 0.341. The van der Waals surface area contributed by atoms with Crippen LogP contribution < -0.4 is 5.32 Å². The highest BCUT2D eigenvalue weighted by Gasteiger charge is 2.43. The minimum atomic E-state index is -0.437. The van der Waals surface area contributed by atoms with Gasteiger partial charge in [0.15, 0.2) is 0 Å². The Kier molecular flexibility index (Phi) is 5.34. The summed E-state index contributed by atoms with van der Waals surface area (Å²) in [5.74, 6) is -0.681. The standard InChI is InChI=1S/C18H28N2O3/c21-16(19-14-7-3-1-4-8-14)11-13-12-17(22)20(18(13)23)15-9-5-2-6-10-15/h13-15H,1-12H2,(H,19,21). The third-order valence-corrected chi connectivity index (χ3v) is 5.62. The number of likely N-dealkylation sites (tertiary alicyclic amines) is 1. The molecule has 1 N–H and O–H groups in total. The second-order valence-corrected chi connectivity index (χ2v) is 7.40. The van der Waals surface area contributed by atoms with Gasteiger partial charge in [-0.1, -0.05) is 38.5 Å². The second-order valence-electron chi connectivity index (χ2n) is 7.40. The van der Waals surface area contributed by atoms with Crippen LogP contribution in [0, 0.1) is 5.92 Å². The molecule has 0 radical (unpaired) electrons. The monoisotopic (exact) mass is 320 g/mol. The molecule has 1 aliphatic heterocycles. The van der Waals surface area contributed by atoms with Gasteiger partial charge in [-0.15, -0.1) is 0 Å². The van der Waals surface area contributed by atoms with Crippen LogP contribution in [0.5, 0.6) is 0 Å². The molecular weight excluding hydrogens is 292 g/mol. The molecule has 128 valence electrons. The lowest BCUT2D eigenvalue weighted by Gasteiger charge is -2.29. The maximum atomic E-state index is 12.6. The topological polar surface area (TPSA) is 66.5 Å². The first-order valence-electron chi connectivity index (χ1n) is 9.30. The third-order valence-electron chi connectivity index (χ3n) is 5.62. The van der Waals surface area contributed by atoms with Crippen LogP contribution in [-0.4, -0.2) is 34.7 Å². The summed E-state index contributed by atoms with van der Waals surface area (Å²) < 4.78 is 0. The van der Waals surface area contributed by atoms with Crippen molar-refractivity contribution < 1.29 is 14.4 Å². The highest BCUT2D eigenvalue weighted by molar-refractivity contribution is 6.05. The number of nitrogens with one attached hydrogen (secondary N) is 1. The second kappa shape index (κ2) is 7.45. The zero-order valence-corrected chi connectivity index (χ0v) is 13.9. The van der Waals surface area contributed by atoms with E-state index in [2.05, 4.69) is 5.32 Å². The molecule has 1 saturated heterocycles. The van der Waals surface area contributed by atoms with Crippen molar-refractivity contribution >= 4 is 17.7 Å². The van der Waals surface area contributed by atoms with Crippen molar-refractivity contribution in [2.24, 2.45) is 5.92 Å². The van der Waals surface area contributed by atoms with E-state index in [9.17, 15) is 14.4 Å². The van der Waals surface area contributed by atoms with Crippen LogP contribution in [0.2, 0.25) is 0 Å². The minimum Gasteiger partial charge on any atom is -0.353 e. The van der Waals surface area contributed by atoms with E-state index in [1.807, 2.05) is 0 Å². The van der Waals surface area contributed by atoms with Crippen molar-refractivity contribution in [2.45, 2.75) is 89.1 Å². The first kappa shape index (κ1) is 16.5. The van der Waals surface area contributed by atoms with Crippen LogP contribution in [0.1, 0.15) is 77.0 Å². The van der Waals surface area contributed by atoms with Crippen LogP contribution in [0.4, 0.5) is 0 Å². The maximum absolute atomic E-state index is 12.6. The van der Waals surface area contributed by atoms with Gasteiger partial charge in [0.2, 0.25) is 17.7 Å². The van der Waals surface area contributed by atoms with E-state index in [0.717, 1.165) is 38.5 Å². The van der Waals surface area contributed by atoms with Gasteiger partial charge in [-0.3, -0.25) is 19.3 Å². The molecule has 3 amide bonds. The normalized spacial score (nSPS) is 27.5. The predicted molar refractivity (Wildman–Crippen MR) is 86.5 cm³/mol. The Labute approximate surface area is 138 Å². The minimum absolute atomic E-state index is 0.0615. The molecular formula is C18H28N2O3. The van der Waals surface area contributed by atoms with E-state index in [1.165, 1.54) is 30.6 Å². The molecule has 2 saturated carbocycles. The molecule has 1 atom stereocenters. The van der Waals surface area contributed by atoms with Gasteiger partial charge in [0, 0.05) is 24.9 Å². The van der Waals surface area contributed by atoms with Crippen molar-refractivity contribution in [1.82, 2.24) is 10.2 Å². The van der Waals surface area contributed by atoms with Crippen LogP contribution >= 0.6 is 0 Å². The SMILES string of the molecule is O=C(CC1CC(=O)N(C2CCCCC2)C1=O)NC1CCCCC1. The maximum Gasteiger partial charge on any atom is 0.233 e. The van der Waals surface area contributed by atoms with Crippen LogP contribution in [0.3, 0.4) is 0 Å². The lowest BCUT2D eigenvalue weighted by Crippen LogP contribution is -2.42. The molecule has 1 unspecified atom stereocenters. The van der Waals surface area contributed by atoms with Gasteiger partial charge in [-0.05, 0) is 25.7 Å². The van der Waals surface area contributed by atoms with E-state index < -0.39 is 5.92 Å². The molecule has 0 aromatic heterocycles. The smallest absolute Gasteiger partial charge is 0.233 e. The summed E-state index contributed by atoms with van der Waals surface area (Å²) in [6.45, 7) is 0. The average molecular weight is 320 g/mol. The van der Waals surface area contributed by atoms with E-state index in [0.29, 0.717) is 0 Å². The van der Waals surface area contributed by atoms with Crippen molar-refractivity contribution in [2.75, 3.05) is 0 Å². The molecule has 2 aliphatic carbocycles. The first-order valence-corrected chi connectivity index (χ1v) is 9.30. The summed E-state index contributed by atoms with van der Waals surface area (Å²) in [5, 5.41) is 3.05. The third kappa shape index (κ3) is 3.93. The fourth-order valence-electron chi connectivity index (χ4n) is 4.36. The van der Waals surface area contributed by atoms with Crippen molar-refractivity contribution in [1.29, 1.82) is 0 Å². The summed E-state index contributed by atoms with van der Waals surface area (Å²) in [6.07, 6.45) is 11.3. The molecule has 5 heteroatoms. The number of nitrogens with zero attached hydrogens (tertiary/aromatic N) is 1. The molecule has 3 fully saturated rings. The molecule has 0 bridgehead atoms. The Balaban J connectivity index is 1.53. The average Bonchev–Trinajstić information content (AvgIpc) is 2.83. The number of hydrogen-bond donors (Lipinski definition) is 1. The predicted octanol–water partition coefficient (Wildman–Crippen LogP) is 2.53. The van der Waals surface area contributed by atoms with E-state index in [1.54, 1.807) is 0 Å². The summed E-state index contributed by atoms with van der Waals surface area (Å²) in [7, 11) is 0. The molecule has 0 aromatic rings. The van der Waals surface area contributed by atoms with Crippen LogP contribution in [0.25, 0.3) is 0 Å². The lowest BCUT2D eigenvalue weighted by atomic mass is 9.94. The van der Waals surface area contributed by atoms with E-state index >= 15 is 0 Å². The number of amides is 3. The van der Waals surface area contributed by atoms with Gasteiger partial charge >= 0.3 is 0 Å². The fraction of sp³-hybridized carbons (Fsp3) is 0.833. The summed E-state index contributed by atoms with van der Waals surface area (Å²) in [5.41, 5.74) is 0. The summed E-state index contributed by atoms with van der Waals surface area (Å²) in [4.78, 5) is 38.5. The fourth-order valence-corrected chi connectivity index (χ4v) is 4.36. The Morgan fingerprint density at radius 3 is 2.22 bits per heavy atom. The Hall–Kier alpha value is -1.39. The van der Waals surface area contributed by atoms with E-state index in [4.69, 9.17) is 0 Å². The van der Waals surface area contributed by atoms with Gasteiger partial charge in [0.1, 0.15) is 0 Å². The quantitative estimate of drug-likeness (QED) is 0.810. The van der Waals surface area contributed by atoms with Gasteiger partial charge in [-0.2, -0.15) is 0 Å². The molecule has 3 aliphatic rings. The number of carbonyl (C=O) groups is 3. The van der Waals surface area contributed by atoms with Crippen molar-refractivity contribution in [3.05, 3.63) is 0 Å². The Bertz CT molecular complexity index is 465. The lowest BCUT2D eigenvalue weighted by molar-refractivity contribution is -0.143. The number of rotatable bonds is 4. The van der Waals surface area contributed by atoms with Gasteiger partial charge < -0.3 is 5.32 Å².